The molecule has 7 nitrogen and oxygen atoms in total. The van der Waals surface area contributed by atoms with Crippen molar-refractivity contribution in [3.63, 3.8) is 0 Å². The number of benzene rings is 3. The summed E-state index contributed by atoms with van der Waals surface area (Å²) in [6.45, 7) is 2.07. The largest absolute Gasteiger partial charge is 0.480 e. The van der Waals surface area contributed by atoms with Gasteiger partial charge in [0.2, 0.25) is 5.91 Å². The molecule has 0 spiro atoms. The summed E-state index contributed by atoms with van der Waals surface area (Å²) < 4.78 is 5.63. The zero-order chi connectivity index (χ0) is 26.2. The molecular formula is C30H32N2O5. The first-order chi connectivity index (χ1) is 18.0. The molecule has 4 rings (SSSR count). The van der Waals surface area contributed by atoms with E-state index in [2.05, 4.69) is 22.8 Å². The van der Waals surface area contributed by atoms with Crippen LogP contribution in [0.3, 0.4) is 0 Å². The maximum Gasteiger partial charge on any atom is 0.407 e. The van der Waals surface area contributed by atoms with E-state index in [0.717, 1.165) is 34.2 Å². The lowest BCUT2D eigenvalue weighted by Crippen LogP contribution is -2.52. The Balaban J connectivity index is 1.45. The van der Waals surface area contributed by atoms with Crippen molar-refractivity contribution in [1.82, 2.24) is 10.6 Å². The Morgan fingerprint density at radius 1 is 0.838 bits per heavy atom. The number of carboxylic acid groups (broad SMARTS) is 1. The number of carbonyl (C=O) groups is 3. The van der Waals surface area contributed by atoms with Crippen molar-refractivity contribution >= 4 is 18.0 Å². The number of fused-ring (bicyclic) bond motifs is 3. The Morgan fingerprint density at radius 2 is 1.43 bits per heavy atom. The fraction of sp³-hybridized carbons (Fsp3) is 0.300. The molecule has 0 heterocycles. The first kappa shape index (κ1) is 25.9. The van der Waals surface area contributed by atoms with Crippen LogP contribution in [0.4, 0.5) is 4.79 Å². The van der Waals surface area contributed by atoms with E-state index in [1.54, 1.807) is 0 Å². The molecule has 0 aromatic heterocycles. The number of rotatable bonds is 11. The van der Waals surface area contributed by atoms with Gasteiger partial charge in [-0.3, -0.25) is 4.79 Å². The van der Waals surface area contributed by atoms with Gasteiger partial charge in [-0.25, -0.2) is 9.59 Å². The van der Waals surface area contributed by atoms with Gasteiger partial charge in [0.05, 0.1) is 0 Å². The molecule has 3 aromatic rings. The highest BCUT2D eigenvalue weighted by molar-refractivity contribution is 5.89. The fourth-order valence-electron chi connectivity index (χ4n) is 4.78. The third-order valence-electron chi connectivity index (χ3n) is 6.70. The van der Waals surface area contributed by atoms with Crippen LogP contribution in [0, 0.1) is 0 Å². The Kier molecular flexibility index (Phi) is 8.56. The van der Waals surface area contributed by atoms with Crippen molar-refractivity contribution in [2.75, 3.05) is 6.61 Å². The molecule has 0 bridgehead atoms. The summed E-state index contributed by atoms with van der Waals surface area (Å²) in [5.41, 5.74) is 5.27. The maximum atomic E-state index is 13.1. The van der Waals surface area contributed by atoms with E-state index >= 15 is 0 Å². The van der Waals surface area contributed by atoms with E-state index in [1.807, 2.05) is 73.7 Å². The topological polar surface area (TPSA) is 105 Å². The normalized spacial score (nSPS) is 13.6. The highest BCUT2D eigenvalue weighted by Gasteiger charge is 2.30. The average Bonchev–Trinajstić information content (AvgIpc) is 3.23. The molecule has 1 aliphatic rings. The molecule has 2 atom stereocenters. The summed E-state index contributed by atoms with van der Waals surface area (Å²) in [6.07, 6.45) is 1.28. The first-order valence-corrected chi connectivity index (χ1v) is 12.7. The van der Waals surface area contributed by atoms with Crippen molar-refractivity contribution in [1.29, 1.82) is 0 Å². The number of amides is 2. The fourth-order valence-corrected chi connectivity index (χ4v) is 4.78. The van der Waals surface area contributed by atoms with Crippen LogP contribution < -0.4 is 10.6 Å². The SMILES string of the molecule is CCCC[C@H](NC(=O)[C@H](Cc1ccccc1)NC(=O)OCC1c2ccccc2-c2ccccc21)C(=O)O. The van der Waals surface area contributed by atoms with Crippen LogP contribution in [0.15, 0.2) is 78.9 Å². The third-order valence-corrected chi connectivity index (χ3v) is 6.70. The zero-order valence-electron chi connectivity index (χ0n) is 20.9. The van der Waals surface area contributed by atoms with Crippen molar-refractivity contribution in [2.45, 2.75) is 50.6 Å². The Labute approximate surface area is 216 Å². The second-order valence-electron chi connectivity index (χ2n) is 9.25. The number of carbonyl (C=O) groups excluding carboxylic acids is 2. The number of nitrogens with one attached hydrogen (secondary N) is 2. The van der Waals surface area contributed by atoms with Gasteiger partial charge >= 0.3 is 12.1 Å². The summed E-state index contributed by atoms with van der Waals surface area (Å²) in [6, 6.07) is 23.4. The van der Waals surface area contributed by atoms with Gasteiger partial charge < -0.3 is 20.5 Å². The molecule has 3 N–H and O–H groups in total. The lowest BCUT2D eigenvalue weighted by atomic mass is 9.98. The first-order valence-electron chi connectivity index (χ1n) is 12.7. The summed E-state index contributed by atoms with van der Waals surface area (Å²) >= 11 is 0. The van der Waals surface area contributed by atoms with Gasteiger partial charge in [-0.15, -0.1) is 0 Å². The summed E-state index contributed by atoms with van der Waals surface area (Å²) in [7, 11) is 0. The van der Waals surface area contributed by atoms with E-state index in [0.29, 0.717) is 12.8 Å². The van der Waals surface area contributed by atoms with Gasteiger partial charge in [0.25, 0.3) is 0 Å². The van der Waals surface area contributed by atoms with E-state index in [1.165, 1.54) is 0 Å². The number of hydrogen-bond acceptors (Lipinski definition) is 4. The minimum atomic E-state index is -1.10. The van der Waals surface area contributed by atoms with Gasteiger partial charge in [-0.1, -0.05) is 98.6 Å². The smallest absolute Gasteiger partial charge is 0.407 e. The quantitative estimate of drug-likeness (QED) is 0.348. The molecule has 192 valence electrons. The predicted octanol–water partition coefficient (Wildman–Crippen LogP) is 4.90. The molecule has 0 radical (unpaired) electrons. The van der Waals surface area contributed by atoms with Crippen molar-refractivity contribution in [2.24, 2.45) is 0 Å². The van der Waals surface area contributed by atoms with Crippen LogP contribution in [0.5, 0.6) is 0 Å². The molecular weight excluding hydrogens is 468 g/mol. The number of hydrogen-bond donors (Lipinski definition) is 3. The molecule has 0 saturated carbocycles. The zero-order valence-corrected chi connectivity index (χ0v) is 20.9. The van der Waals surface area contributed by atoms with E-state index < -0.39 is 30.1 Å². The number of ether oxygens (including phenoxy) is 1. The van der Waals surface area contributed by atoms with Crippen molar-refractivity contribution < 1.29 is 24.2 Å². The Bertz CT molecular complexity index is 1200. The van der Waals surface area contributed by atoms with E-state index in [9.17, 15) is 19.5 Å². The van der Waals surface area contributed by atoms with Gasteiger partial charge in [0.1, 0.15) is 18.7 Å². The van der Waals surface area contributed by atoms with Gasteiger partial charge in [0.15, 0.2) is 0 Å². The second-order valence-corrected chi connectivity index (χ2v) is 9.25. The molecule has 0 unspecified atom stereocenters. The van der Waals surface area contributed by atoms with Crippen LogP contribution >= 0.6 is 0 Å². The standard InChI is InChI=1S/C30H32N2O5/c1-2-3-17-26(29(34)35)31-28(33)27(18-20-11-5-4-6-12-20)32-30(36)37-19-25-23-15-9-7-13-21(23)22-14-8-10-16-24(22)25/h4-16,25-27H,2-3,17-19H2,1H3,(H,31,33)(H,32,36)(H,34,35)/t26-,27-/m0/s1. The molecule has 0 fully saturated rings. The average molecular weight is 501 g/mol. The van der Waals surface area contributed by atoms with Crippen LogP contribution in [-0.2, 0) is 20.7 Å². The Morgan fingerprint density at radius 3 is 2.03 bits per heavy atom. The van der Waals surface area contributed by atoms with Crippen molar-refractivity contribution in [3.8, 4) is 11.1 Å². The molecule has 2 amide bonds. The molecule has 7 heteroatoms. The molecule has 0 saturated heterocycles. The molecule has 3 aromatic carbocycles. The van der Waals surface area contributed by atoms with Crippen LogP contribution in [0.1, 0.15) is 48.8 Å². The van der Waals surface area contributed by atoms with Gasteiger partial charge in [0, 0.05) is 12.3 Å². The highest BCUT2D eigenvalue weighted by atomic mass is 16.5. The summed E-state index contributed by atoms with van der Waals surface area (Å²) in [5, 5.41) is 14.8. The molecule has 1 aliphatic carbocycles. The highest BCUT2D eigenvalue weighted by Crippen LogP contribution is 2.44. The van der Waals surface area contributed by atoms with Crippen molar-refractivity contribution in [3.05, 3.63) is 95.6 Å². The van der Waals surface area contributed by atoms with Crippen LogP contribution in [0.25, 0.3) is 11.1 Å². The van der Waals surface area contributed by atoms with Crippen LogP contribution in [-0.4, -0.2) is 41.8 Å². The van der Waals surface area contributed by atoms with Crippen LogP contribution in [0.2, 0.25) is 0 Å². The number of unbranched alkanes of at least 4 members (excludes halogenated alkanes) is 1. The second kappa shape index (κ2) is 12.2. The number of aliphatic carboxylic acids is 1. The lowest BCUT2D eigenvalue weighted by molar-refractivity contribution is -0.142. The van der Waals surface area contributed by atoms with Gasteiger partial charge in [-0.2, -0.15) is 0 Å². The summed E-state index contributed by atoms with van der Waals surface area (Å²) in [5.74, 6) is -1.76. The monoisotopic (exact) mass is 500 g/mol. The molecule has 0 aliphatic heterocycles. The van der Waals surface area contributed by atoms with Gasteiger partial charge in [-0.05, 0) is 34.2 Å². The third kappa shape index (κ3) is 6.36. The lowest BCUT2D eigenvalue weighted by Gasteiger charge is -2.22. The Hall–Kier alpha value is -4.13. The minimum absolute atomic E-state index is 0.106. The molecule has 37 heavy (non-hydrogen) atoms. The van der Waals surface area contributed by atoms with E-state index in [-0.39, 0.29) is 18.9 Å². The van der Waals surface area contributed by atoms with E-state index in [4.69, 9.17) is 4.74 Å². The number of alkyl carbamates (subject to hydrolysis) is 1. The minimum Gasteiger partial charge on any atom is -0.480 e. The number of carboxylic acids is 1. The predicted molar refractivity (Wildman–Crippen MR) is 141 cm³/mol. The summed E-state index contributed by atoms with van der Waals surface area (Å²) in [4.78, 5) is 37.7. The maximum absolute atomic E-state index is 13.1.